The van der Waals surface area contributed by atoms with Crippen LogP contribution >= 0.6 is 0 Å². The molecule has 3 nitrogen and oxygen atoms in total. The maximum absolute atomic E-state index is 10.3. The van der Waals surface area contributed by atoms with Gasteiger partial charge in [-0.1, -0.05) is 101 Å². The zero-order valence-corrected chi connectivity index (χ0v) is 18.4. The van der Waals surface area contributed by atoms with Crippen LogP contribution in [0.4, 0.5) is 0 Å². The average Bonchev–Trinajstić information content (AvgIpc) is 3.02. The number of likely N-dealkylation sites (N-methyl/N-ethyl adjacent to an activating group) is 1. The molecule has 1 aliphatic rings. The molecule has 2 N–H and O–H groups in total. The van der Waals surface area contributed by atoms with E-state index in [1.54, 1.807) is 0 Å². The van der Waals surface area contributed by atoms with Crippen LogP contribution in [0, 0.1) is 0 Å². The maximum atomic E-state index is 10.3. The van der Waals surface area contributed by atoms with Gasteiger partial charge in [0, 0.05) is 6.42 Å². The SMILES string of the molecule is CCCCCCCCCCCCCC1(Cc2ccccc2)CNC(O)=[N+]1CC. The Kier molecular flexibility index (Phi) is 10.5. The largest absolute Gasteiger partial charge is 0.447 e. The number of nitrogens with one attached hydrogen (secondary N) is 1. The predicted molar refractivity (Wildman–Crippen MR) is 120 cm³/mol. The molecule has 1 aromatic rings. The summed E-state index contributed by atoms with van der Waals surface area (Å²) in [5.41, 5.74) is 1.37. The topological polar surface area (TPSA) is 35.3 Å². The molecule has 1 aliphatic heterocycles. The van der Waals surface area contributed by atoms with Crippen molar-refractivity contribution in [3.05, 3.63) is 35.9 Å². The fourth-order valence-electron chi connectivity index (χ4n) is 4.71. The third-order valence-corrected chi connectivity index (χ3v) is 6.34. The lowest BCUT2D eigenvalue weighted by atomic mass is 9.85. The summed E-state index contributed by atoms with van der Waals surface area (Å²) in [6.45, 7) is 6.12. The molecule has 0 bridgehead atoms. The molecule has 2 rings (SSSR count). The van der Waals surface area contributed by atoms with Crippen LogP contribution in [-0.4, -0.2) is 34.3 Å². The van der Waals surface area contributed by atoms with Gasteiger partial charge in [0.2, 0.25) is 0 Å². The molecule has 0 aromatic heterocycles. The molecule has 1 unspecified atom stereocenters. The van der Waals surface area contributed by atoms with Crippen LogP contribution in [0.2, 0.25) is 0 Å². The molecular formula is C25H43N2O+. The second-order valence-corrected chi connectivity index (χ2v) is 8.59. The third-order valence-electron chi connectivity index (χ3n) is 6.34. The third kappa shape index (κ3) is 7.14. The van der Waals surface area contributed by atoms with Crippen molar-refractivity contribution in [2.45, 2.75) is 103 Å². The van der Waals surface area contributed by atoms with E-state index >= 15 is 0 Å². The van der Waals surface area contributed by atoms with Gasteiger partial charge in [-0.05, 0) is 25.3 Å². The quantitative estimate of drug-likeness (QED) is 0.277. The molecular weight excluding hydrogens is 344 g/mol. The lowest BCUT2D eigenvalue weighted by molar-refractivity contribution is -0.602. The first kappa shape index (κ1) is 22.8. The molecule has 0 fully saturated rings. The lowest BCUT2D eigenvalue weighted by Crippen LogP contribution is -2.45. The fraction of sp³-hybridized carbons (Fsp3) is 0.720. The highest BCUT2D eigenvalue weighted by Crippen LogP contribution is 2.27. The zero-order valence-electron chi connectivity index (χ0n) is 18.4. The van der Waals surface area contributed by atoms with Crippen molar-refractivity contribution in [3.63, 3.8) is 0 Å². The van der Waals surface area contributed by atoms with Gasteiger partial charge in [0.25, 0.3) is 0 Å². The van der Waals surface area contributed by atoms with Crippen molar-refractivity contribution >= 4 is 6.02 Å². The number of amidine groups is 1. The smallest absolute Gasteiger partial charge is 0.442 e. The number of aliphatic hydroxyl groups is 1. The number of unbranched alkanes of at least 4 members (excludes halogenated alkanes) is 10. The van der Waals surface area contributed by atoms with Crippen molar-refractivity contribution < 1.29 is 9.68 Å². The van der Waals surface area contributed by atoms with Gasteiger partial charge < -0.3 is 5.11 Å². The molecule has 28 heavy (non-hydrogen) atoms. The van der Waals surface area contributed by atoms with E-state index in [0.717, 1.165) is 25.9 Å². The molecule has 0 amide bonds. The van der Waals surface area contributed by atoms with Crippen molar-refractivity contribution in [1.29, 1.82) is 0 Å². The summed E-state index contributed by atoms with van der Waals surface area (Å²) in [6, 6.07) is 11.1. The highest BCUT2D eigenvalue weighted by molar-refractivity contribution is 5.67. The molecule has 1 aromatic carbocycles. The Morgan fingerprint density at radius 3 is 2.00 bits per heavy atom. The van der Waals surface area contributed by atoms with E-state index < -0.39 is 0 Å². The fourth-order valence-corrected chi connectivity index (χ4v) is 4.71. The van der Waals surface area contributed by atoms with Gasteiger partial charge >= 0.3 is 6.02 Å². The molecule has 0 saturated heterocycles. The standard InChI is InChI=1S/C25H42N2O/c1-3-5-6-7-8-9-10-11-12-13-17-20-25(21-23-18-15-14-16-19-23)22-26-24(28)27(25)4-2/h14-16,18-19H,3-13,17,20-22H2,1-2H3,(H,26,28)/p+1. The molecule has 0 saturated carbocycles. The molecule has 0 spiro atoms. The molecule has 0 radical (unpaired) electrons. The van der Waals surface area contributed by atoms with E-state index in [1.807, 2.05) is 0 Å². The number of hydrogen-bond acceptors (Lipinski definition) is 1. The van der Waals surface area contributed by atoms with E-state index in [0.29, 0.717) is 6.02 Å². The summed E-state index contributed by atoms with van der Waals surface area (Å²) < 4.78 is 2.19. The monoisotopic (exact) mass is 387 g/mol. The Bertz CT molecular complexity index is 569. The average molecular weight is 388 g/mol. The Morgan fingerprint density at radius 1 is 0.857 bits per heavy atom. The minimum Gasteiger partial charge on any atom is -0.447 e. The van der Waals surface area contributed by atoms with Gasteiger partial charge in [-0.2, -0.15) is 0 Å². The lowest BCUT2D eigenvalue weighted by Gasteiger charge is -2.28. The van der Waals surface area contributed by atoms with Crippen LogP contribution in [0.25, 0.3) is 0 Å². The van der Waals surface area contributed by atoms with Gasteiger partial charge in [-0.25, -0.2) is 9.89 Å². The summed E-state index contributed by atoms with van der Waals surface area (Å²) in [6.07, 6.45) is 17.3. The van der Waals surface area contributed by atoms with Crippen LogP contribution in [-0.2, 0) is 6.42 Å². The maximum Gasteiger partial charge on any atom is 0.442 e. The Labute approximate surface area is 173 Å². The van der Waals surface area contributed by atoms with Gasteiger partial charge in [0.05, 0.1) is 6.54 Å². The van der Waals surface area contributed by atoms with Crippen molar-refractivity contribution in [2.24, 2.45) is 0 Å². The zero-order chi connectivity index (χ0) is 20.1. The minimum atomic E-state index is 0.0134. The van der Waals surface area contributed by atoms with Crippen LogP contribution in [0.3, 0.4) is 0 Å². The summed E-state index contributed by atoms with van der Waals surface area (Å²) >= 11 is 0. The van der Waals surface area contributed by atoms with Crippen molar-refractivity contribution in [2.75, 3.05) is 13.1 Å². The second kappa shape index (κ2) is 12.9. The van der Waals surface area contributed by atoms with Gasteiger partial charge in [-0.3, -0.25) is 0 Å². The first-order valence-corrected chi connectivity index (χ1v) is 11.8. The number of nitrogens with zero attached hydrogens (tertiary/aromatic N) is 1. The normalized spacial score (nSPS) is 19.2. The molecule has 1 atom stereocenters. The first-order valence-electron chi connectivity index (χ1n) is 11.8. The van der Waals surface area contributed by atoms with Crippen LogP contribution in [0.1, 0.15) is 96.5 Å². The Morgan fingerprint density at radius 2 is 1.43 bits per heavy atom. The molecule has 3 heteroatoms. The summed E-state index contributed by atoms with van der Waals surface area (Å²) in [7, 11) is 0. The van der Waals surface area contributed by atoms with Gasteiger partial charge in [-0.15, -0.1) is 0 Å². The van der Waals surface area contributed by atoms with E-state index in [9.17, 15) is 5.11 Å². The van der Waals surface area contributed by atoms with Crippen molar-refractivity contribution in [1.82, 2.24) is 5.32 Å². The Hall–Kier alpha value is -1.51. The summed E-state index contributed by atoms with van der Waals surface area (Å²) in [5, 5.41) is 13.5. The van der Waals surface area contributed by atoms with Gasteiger partial charge in [0.1, 0.15) is 6.54 Å². The highest BCUT2D eigenvalue weighted by atomic mass is 16.3. The van der Waals surface area contributed by atoms with Crippen LogP contribution in [0.15, 0.2) is 30.3 Å². The first-order chi connectivity index (χ1) is 13.7. The summed E-state index contributed by atoms with van der Waals surface area (Å²) in [5.74, 6) is 0. The van der Waals surface area contributed by atoms with E-state index in [-0.39, 0.29) is 5.54 Å². The number of aliphatic hydroxyl groups excluding tert-OH is 1. The Balaban J connectivity index is 1.72. The second-order valence-electron chi connectivity index (χ2n) is 8.59. The molecule has 1 heterocycles. The minimum absolute atomic E-state index is 0.0134. The molecule has 158 valence electrons. The highest BCUT2D eigenvalue weighted by Gasteiger charge is 2.45. The number of rotatable bonds is 15. The number of benzene rings is 1. The number of hydrogen-bond donors (Lipinski definition) is 2. The van der Waals surface area contributed by atoms with Crippen LogP contribution in [0.5, 0.6) is 0 Å². The van der Waals surface area contributed by atoms with Crippen molar-refractivity contribution in [3.8, 4) is 0 Å². The van der Waals surface area contributed by atoms with Crippen LogP contribution < -0.4 is 5.32 Å². The summed E-state index contributed by atoms with van der Waals surface area (Å²) in [4.78, 5) is 0. The predicted octanol–water partition coefficient (Wildman–Crippen LogP) is 6.22. The molecule has 0 aliphatic carbocycles. The van der Waals surface area contributed by atoms with Gasteiger partial charge in [0.15, 0.2) is 5.54 Å². The van der Waals surface area contributed by atoms with E-state index in [4.69, 9.17) is 0 Å². The van der Waals surface area contributed by atoms with E-state index in [2.05, 4.69) is 54.1 Å². The van der Waals surface area contributed by atoms with E-state index in [1.165, 1.54) is 76.2 Å².